The molecule has 116 valence electrons. The molecule has 3 nitrogen and oxygen atoms in total. The van der Waals surface area contributed by atoms with Crippen LogP contribution in [0.15, 0.2) is 29.8 Å². The molecule has 1 aliphatic carbocycles. The molecule has 7 heteroatoms. The minimum absolute atomic E-state index is 0.185. The van der Waals surface area contributed by atoms with Crippen molar-refractivity contribution in [1.82, 2.24) is 4.98 Å². The van der Waals surface area contributed by atoms with Crippen LogP contribution in [0.5, 0.6) is 0 Å². The Morgan fingerprint density at radius 2 is 2.09 bits per heavy atom. The van der Waals surface area contributed by atoms with E-state index in [0.29, 0.717) is 19.3 Å². The number of rotatable bonds is 2. The standard InChI is InChI=1S/C15H13F3N2OS/c16-15(17,18)10-3-1-2-4-11(10)20-14(21)9-5-6-12-13(7-9)22-8-19-12/h1-4,8-9H,5-7H2,(H,20,21). The zero-order valence-electron chi connectivity index (χ0n) is 11.5. The van der Waals surface area contributed by atoms with Crippen molar-refractivity contribution in [2.24, 2.45) is 5.92 Å². The molecule has 1 amide bonds. The van der Waals surface area contributed by atoms with Gasteiger partial charge >= 0.3 is 6.18 Å². The number of hydrogen-bond acceptors (Lipinski definition) is 3. The lowest BCUT2D eigenvalue weighted by Gasteiger charge is -2.21. The van der Waals surface area contributed by atoms with Gasteiger partial charge in [0.2, 0.25) is 5.91 Å². The Hall–Kier alpha value is -1.89. The van der Waals surface area contributed by atoms with Gasteiger partial charge in [-0.3, -0.25) is 4.79 Å². The predicted molar refractivity (Wildman–Crippen MR) is 77.7 cm³/mol. The number of anilines is 1. The van der Waals surface area contributed by atoms with Crippen molar-refractivity contribution in [3.8, 4) is 0 Å². The van der Waals surface area contributed by atoms with Crippen molar-refractivity contribution < 1.29 is 18.0 Å². The minimum Gasteiger partial charge on any atom is -0.325 e. The van der Waals surface area contributed by atoms with Gasteiger partial charge in [-0.05, 0) is 31.4 Å². The van der Waals surface area contributed by atoms with Crippen molar-refractivity contribution in [2.75, 3.05) is 5.32 Å². The number of benzene rings is 1. The van der Waals surface area contributed by atoms with Crippen LogP contribution in [0.4, 0.5) is 18.9 Å². The third-order valence-corrected chi connectivity index (χ3v) is 4.65. The molecular formula is C15H13F3N2OS. The highest BCUT2D eigenvalue weighted by Crippen LogP contribution is 2.35. The highest BCUT2D eigenvalue weighted by atomic mass is 32.1. The maximum Gasteiger partial charge on any atom is 0.418 e. The molecule has 0 radical (unpaired) electrons. The summed E-state index contributed by atoms with van der Waals surface area (Å²) >= 11 is 1.49. The largest absolute Gasteiger partial charge is 0.418 e. The van der Waals surface area contributed by atoms with Crippen molar-refractivity contribution >= 4 is 22.9 Å². The molecular weight excluding hydrogens is 313 g/mol. The van der Waals surface area contributed by atoms with E-state index in [2.05, 4.69) is 10.3 Å². The molecule has 1 aromatic heterocycles. The zero-order chi connectivity index (χ0) is 15.7. The van der Waals surface area contributed by atoms with E-state index in [1.54, 1.807) is 5.51 Å². The molecule has 22 heavy (non-hydrogen) atoms. The number of amides is 1. The minimum atomic E-state index is -4.48. The van der Waals surface area contributed by atoms with Crippen molar-refractivity contribution in [2.45, 2.75) is 25.4 Å². The number of aryl methyl sites for hydroxylation is 1. The average molecular weight is 326 g/mol. The van der Waals surface area contributed by atoms with Crippen LogP contribution >= 0.6 is 11.3 Å². The molecule has 1 atom stereocenters. The van der Waals surface area contributed by atoms with Gasteiger partial charge in [-0.25, -0.2) is 4.98 Å². The fourth-order valence-electron chi connectivity index (χ4n) is 2.60. The Bertz CT molecular complexity index is 696. The van der Waals surface area contributed by atoms with E-state index in [4.69, 9.17) is 0 Å². The lowest BCUT2D eigenvalue weighted by Crippen LogP contribution is -2.28. The average Bonchev–Trinajstić information content (AvgIpc) is 2.94. The maximum absolute atomic E-state index is 12.9. The third-order valence-electron chi connectivity index (χ3n) is 3.75. The number of thiazole rings is 1. The Labute approximate surface area is 129 Å². The number of para-hydroxylation sites is 1. The molecule has 1 heterocycles. The maximum atomic E-state index is 12.9. The number of carbonyl (C=O) groups excluding carboxylic acids is 1. The van der Waals surface area contributed by atoms with Crippen molar-refractivity contribution in [3.63, 3.8) is 0 Å². The number of alkyl halides is 3. The van der Waals surface area contributed by atoms with Crippen LogP contribution in [-0.2, 0) is 23.8 Å². The summed E-state index contributed by atoms with van der Waals surface area (Å²) in [5.74, 6) is -0.676. The summed E-state index contributed by atoms with van der Waals surface area (Å²) in [6, 6.07) is 5.04. The van der Waals surface area contributed by atoms with E-state index in [0.717, 1.165) is 16.6 Å². The van der Waals surface area contributed by atoms with Crippen LogP contribution in [0.1, 0.15) is 22.6 Å². The Morgan fingerprint density at radius 1 is 1.32 bits per heavy atom. The second-order valence-corrected chi connectivity index (χ2v) is 6.13. The molecule has 3 rings (SSSR count). The van der Waals surface area contributed by atoms with Crippen LogP contribution < -0.4 is 5.32 Å². The summed E-state index contributed by atoms with van der Waals surface area (Å²) < 4.78 is 38.8. The van der Waals surface area contributed by atoms with Gasteiger partial charge in [0.05, 0.1) is 22.5 Å². The smallest absolute Gasteiger partial charge is 0.325 e. The van der Waals surface area contributed by atoms with Gasteiger partial charge in [-0.15, -0.1) is 11.3 Å². The lowest BCUT2D eigenvalue weighted by molar-refractivity contribution is -0.137. The van der Waals surface area contributed by atoms with Gasteiger partial charge in [0, 0.05) is 10.8 Å². The SMILES string of the molecule is O=C(Nc1ccccc1C(F)(F)F)C1CCc2ncsc2C1. The first kappa shape index (κ1) is 15.0. The third kappa shape index (κ3) is 2.99. The van der Waals surface area contributed by atoms with Crippen LogP contribution in [0.2, 0.25) is 0 Å². The zero-order valence-corrected chi connectivity index (χ0v) is 12.3. The van der Waals surface area contributed by atoms with Gasteiger partial charge in [0.1, 0.15) is 0 Å². The summed E-state index contributed by atoms with van der Waals surface area (Å²) in [6.07, 6.45) is -2.64. The van der Waals surface area contributed by atoms with Gasteiger partial charge in [-0.1, -0.05) is 12.1 Å². The first-order valence-corrected chi connectivity index (χ1v) is 7.71. The molecule has 0 aliphatic heterocycles. The molecule has 0 fully saturated rings. The van der Waals surface area contributed by atoms with Gasteiger partial charge < -0.3 is 5.32 Å². The fraction of sp³-hybridized carbons (Fsp3) is 0.333. The lowest BCUT2D eigenvalue weighted by atomic mass is 9.90. The van der Waals surface area contributed by atoms with Gasteiger partial charge in [-0.2, -0.15) is 13.2 Å². The fourth-order valence-corrected chi connectivity index (χ4v) is 3.49. The topological polar surface area (TPSA) is 42.0 Å². The van der Waals surface area contributed by atoms with Crippen LogP contribution in [0.25, 0.3) is 0 Å². The first-order chi connectivity index (χ1) is 10.4. The first-order valence-electron chi connectivity index (χ1n) is 6.83. The van der Waals surface area contributed by atoms with Crippen LogP contribution in [0, 0.1) is 5.92 Å². The van der Waals surface area contributed by atoms with Crippen LogP contribution in [0.3, 0.4) is 0 Å². The monoisotopic (exact) mass is 326 g/mol. The summed E-state index contributed by atoms with van der Waals surface area (Å²) in [5.41, 5.74) is 1.74. The number of nitrogens with zero attached hydrogens (tertiary/aromatic N) is 1. The highest BCUT2D eigenvalue weighted by Gasteiger charge is 2.34. The number of halogens is 3. The Morgan fingerprint density at radius 3 is 2.86 bits per heavy atom. The molecule has 1 N–H and O–H groups in total. The van der Waals surface area contributed by atoms with Crippen molar-refractivity contribution in [3.05, 3.63) is 45.9 Å². The molecule has 2 aromatic rings. The summed E-state index contributed by atoms with van der Waals surface area (Å²) in [5, 5.41) is 2.44. The molecule has 0 spiro atoms. The predicted octanol–water partition coefficient (Wildman–Crippen LogP) is 3.91. The second kappa shape index (κ2) is 5.72. The quantitative estimate of drug-likeness (QED) is 0.909. The van der Waals surface area contributed by atoms with E-state index in [1.165, 1.54) is 29.5 Å². The summed E-state index contributed by atoms with van der Waals surface area (Å²) in [4.78, 5) is 17.6. The van der Waals surface area contributed by atoms with E-state index in [1.807, 2.05) is 0 Å². The number of hydrogen-bond donors (Lipinski definition) is 1. The number of carbonyl (C=O) groups is 1. The van der Waals surface area contributed by atoms with E-state index >= 15 is 0 Å². The van der Waals surface area contributed by atoms with Crippen molar-refractivity contribution in [1.29, 1.82) is 0 Å². The summed E-state index contributed by atoms with van der Waals surface area (Å²) in [6.45, 7) is 0. The Balaban J connectivity index is 1.76. The highest BCUT2D eigenvalue weighted by molar-refractivity contribution is 7.09. The van der Waals surface area contributed by atoms with E-state index in [-0.39, 0.29) is 17.5 Å². The number of nitrogens with one attached hydrogen (secondary N) is 1. The molecule has 1 aliphatic rings. The molecule has 0 saturated carbocycles. The van der Waals surface area contributed by atoms with Crippen LogP contribution in [-0.4, -0.2) is 10.9 Å². The summed E-state index contributed by atoms with van der Waals surface area (Å²) in [7, 11) is 0. The molecule has 1 unspecified atom stereocenters. The molecule has 1 aromatic carbocycles. The van der Waals surface area contributed by atoms with Gasteiger partial charge in [0.15, 0.2) is 0 Å². The second-order valence-electron chi connectivity index (χ2n) is 5.19. The van der Waals surface area contributed by atoms with Gasteiger partial charge in [0.25, 0.3) is 0 Å². The number of fused-ring (bicyclic) bond motifs is 1. The number of aromatic nitrogens is 1. The molecule has 0 saturated heterocycles. The Kier molecular flexibility index (Phi) is 3.90. The molecule has 0 bridgehead atoms. The van der Waals surface area contributed by atoms with E-state index in [9.17, 15) is 18.0 Å². The normalized spacial score (nSPS) is 17.9. The van der Waals surface area contributed by atoms with E-state index < -0.39 is 11.7 Å².